The molecule has 1 heterocycles. The third-order valence-corrected chi connectivity index (χ3v) is 1.25. The minimum Gasteiger partial charge on any atom is -0.502 e. The van der Waals surface area contributed by atoms with E-state index in [0.29, 0.717) is 6.29 Å². The number of ketones is 1. The van der Waals surface area contributed by atoms with Gasteiger partial charge in [0.2, 0.25) is 17.3 Å². The number of aliphatic hydroxyl groups is 1. The van der Waals surface area contributed by atoms with Gasteiger partial charge in [-0.05, 0) is 6.92 Å². The van der Waals surface area contributed by atoms with E-state index < -0.39 is 17.6 Å². The molecule has 10 heavy (non-hydrogen) atoms. The molecule has 1 atom stereocenters. The Labute approximate surface area is 57.1 Å². The first-order valence-corrected chi connectivity index (χ1v) is 2.76. The number of aldehydes is 1. The van der Waals surface area contributed by atoms with Crippen LogP contribution in [0.5, 0.6) is 0 Å². The van der Waals surface area contributed by atoms with E-state index in [1.807, 2.05) is 0 Å². The van der Waals surface area contributed by atoms with Crippen LogP contribution >= 0.6 is 0 Å². The van der Waals surface area contributed by atoms with Crippen LogP contribution in [0.25, 0.3) is 0 Å². The largest absolute Gasteiger partial charge is 0.502 e. The molecule has 0 radical (unpaired) electrons. The van der Waals surface area contributed by atoms with Gasteiger partial charge in [-0.3, -0.25) is 9.59 Å². The maximum atomic E-state index is 10.7. The monoisotopic (exact) mass is 142 g/mol. The molecule has 0 bridgehead atoms. The molecule has 0 aromatic heterocycles. The van der Waals surface area contributed by atoms with Crippen molar-refractivity contribution < 1.29 is 19.4 Å². The van der Waals surface area contributed by atoms with Gasteiger partial charge in [-0.2, -0.15) is 0 Å². The molecule has 0 aromatic rings. The summed E-state index contributed by atoms with van der Waals surface area (Å²) in [4.78, 5) is 20.7. The SMILES string of the molecule is CC1OC(C=O)=C(O)C1=O. The van der Waals surface area contributed by atoms with Crippen LogP contribution in [0, 0.1) is 0 Å². The molecule has 0 spiro atoms. The molecule has 0 fully saturated rings. The summed E-state index contributed by atoms with van der Waals surface area (Å²) in [7, 11) is 0. The fourth-order valence-corrected chi connectivity index (χ4v) is 0.697. The zero-order valence-corrected chi connectivity index (χ0v) is 5.33. The number of carbonyl (C=O) groups is 2. The molecule has 1 aliphatic heterocycles. The number of rotatable bonds is 1. The van der Waals surface area contributed by atoms with Crippen molar-refractivity contribution in [3.63, 3.8) is 0 Å². The van der Waals surface area contributed by atoms with Crippen LogP contribution in [-0.4, -0.2) is 23.3 Å². The maximum Gasteiger partial charge on any atom is 0.241 e. The Kier molecular flexibility index (Phi) is 1.45. The van der Waals surface area contributed by atoms with Gasteiger partial charge in [-0.25, -0.2) is 0 Å². The molecule has 4 nitrogen and oxygen atoms in total. The molecule has 0 aromatic carbocycles. The lowest BCUT2D eigenvalue weighted by Crippen LogP contribution is -2.12. The molecular weight excluding hydrogens is 136 g/mol. The molecule has 0 saturated carbocycles. The predicted octanol–water partition coefficient (Wildman–Crippen LogP) is -0.0573. The Bertz CT molecular complexity index is 216. The van der Waals surface area contributed by atoms with Crippen LogP contribution < -0.4 is 0 Å². The summed E-state index contributed by atoms with van der Waals surface area (Å²) in [5.41, 5.74) is 0. The average molecular weight is 142 g/mol. The minimum atomic E-state index is -0.722. The number of hydrogen-bond donors (Lipinski definition) is 1. The van der Waals surface area contributed by atoms with E-state index in [-0.39, 0.29) is 5.76 Å². The lowest BCUT2D eigenvalue weighted by molar-refractivity contribution is -0.122. The van der Waals surface area contributed by atoms with E-state index >= 15 is 0 Å². The minimum absolute atomic E-state index is 0.266. The molecule has 0 amide bonds. The summed E-state index contributed by atoms with van der Waals surface area (Å²) in [5.74, 6) is -1.37. The summed E-state index contributed by atoms with van der Waals surface area (Å²) < 4.78 is 4.65. The third-order valence-electron chi connectivity index (χ3n) is 1.25. The summed E-state index contributed by atoms with van der Waals surface area (Å²) in [6, 6.07) is 0. The first kappa shape index (κ1) is 6.80. The van der Waals surface area contributed by atoms with Gasteiger partial charge in [0, 0.05) is 0 Å². The van der Waals surface area contributed by atoms with Crippen molar-refractivity contribution in [2.24, 2.45) is 0 Å². The topological polar surface area (TPSA) is 63.6 Å². The Balaban J connectivity index is 2.94. The van der Waals surface area contributed by atoms with Crippen LogP contribution in [0.15, 0.2) is 11.5 Å². The summed E-state index contributed by atoms with van der Waals surface area (Å²) in [5, 5.41) is 8.80. The highest BCUT2D eigenvalue weighted by molar-refractivity contribution is 6.02. The van der Waals surface area contributed by atoms with E-state index in [4.69, 9.17) is 5.11 Å². The molecule has 1 aliphatic rings. The van der Waals surface area contributed by atoms with Crippen molar-refractivity contribution in [2.45, 2.75) is 13.0 Å². The van der Waals surface area contributed by atoms with E-state index in [2.05, 4.69) is 4.74 Å². The molecule has 0 saturated heterocycles. The zero-order valence-electron chi connectivity index (χ0n) is 5.33. The van der Waals surface area contributed by atoms with Crippen molar-refractivity contribution in [3.8, 4) is 0 Å². The third kappa shape index (κ3) is 0.775. The normalized spacial score (nSPS) is 24.9. The van der Waals surface area contributed by atoms with Gasteiger partial charge in [0.1, 0.15) is 0 Å². The average Bonchev–Trinajstić information content (AvgIpc) is 2.17. The predicted molar refractivity (Wildman–Crippen MR) is 31.3 cm³/mol. The molecule has 54 valence electrons. The molecule has 1 unspecified atom stereocenters. The van der Waals surface area contributed by atoms with Gasteiger partial charge in [-0.1, -0.05) is 0 Å². The van der Waals surface area contributed by atoms with Gasteiger partial charge in [-0.15, -0.1) is 0 Å². The number of Topliss-reactive ketones (excluding diaryl/α,β-unsaturated/α-hetero) is 1. The van der Waals surface area contributed by atoms with Gasteiger partial charge in [0.25, 0.3) is 0 Å². The first-order chi connectivity index (χ1) is 4.66. The number of allylic oxidation sites excluding steroid dienone is 1. The van der Waals surface area contributed by atoms with E-state index in [0.717, 1.165) is 0 Å². The van der Waals surface area contributed by atoms with Crippen molar-refractivity contribution in [1.82, 2.24) is 0 Å². The fourth-order valence-electron chi connectivity index (χ4n) is 0.697. The van der Waals surface area contributed by atoms with Gasteiger partial charge in [0.15, 0.2) is 12.4 Å². The van der Waals surface area contributed by atoms with Gasteiger partial charge >= 0.3 is 0 Å². The van der Waals surface area contributed by atoms with E-state index in [1.165, 1.54) is 6.92 Å². The molecular formula is C6H6O4. The highest BCUT2D eigenvalue weighted by Gasteiger charge is 2.31. The quantitative estimate of drug-likeness (QED) is 0.521. The van der Waals surface area contributed by atoms with Crippen molar-refractivity contribution >= 4 is 12.1 Å². The first-order valence-electron chi connectivity index (χ1n) is 2.76. The number of carbonyl (C=O) groups excluding carboxylic acids is 2. The molecule has 1 rings (SSSR count). The number of aliphatic hydroxyl groups excluding tert-OH is 1. The Morgan fingerprint density at radius 1 is 1.70 bits per heavy atom. The highest BCUT2D eigenvalue weighted by Crippen LogP contribution is 2.16. The molecule has 0 aliphatic carbocycles. The molecule has 4 heteroatoms. The summed E-state index contributed by atoms with van der Waals surface area (Å²) in [6.45, 7) is 1.47. The zero-order chi connectivity index (χ0) is 7.72. The second-order valence-corrected chi connectivity index (χ2v) is 1.96. The van der Waals surface area contributed by atoms with E-state index in [9.17, 15) is 9.59 Å². The lowest BCUT2D eigenvalue weighted by Gasteiger charge is -1.98. The maximum absolute atomic E-state index is 10.7. The second-order valence-electron chi connectivity index (χ2n) is 1.96. The summed E-state index contributed by atoms with van der Waals surface area (Å²) >= 11 is 0. The molecule has 1 N–H and O–H groups in total. The van der Waals surface area contributed by atoms with Crippen LogP contribution in [0.1, 0.15) is 6.92 Å². The van der Waals surface area contributed by atoms with Gasteiger partial charge < -0.3 is 9.84 Å². The van der Waals surface area contributed by atoms with Crippen molar-refractivity contribution in [2.75, 3.05) is 0 Å². The van der Waals surface area contributed by atoms with Crippen molar-refractivity contribution in [3.05, 3.63) is 11.5 Å². The Hall–Kier alpha value is -1.32. The number of hydrogen-bond acceptors (Lipinski definition) is 4. The fraction of sp³-hybridized carbons (Fsp3) is 0.333. The van der Waals surface area contributed by atoms with Gasteiger partial charge in [0.05, 0.1) is 0 Å². The Morgan fingerprint density at radius 3 is 2.50 bits per heavy atom. The van der Waals surface area contributed by atoms with Crippen molar-refractivity contribution in [1.29, 1.82) is 0 Å². The second kappa shape index (κ2) is 2.13. The van der Waals surface area contributed by atoms with E-state index in [1.54, 1.807) is 0 Å². The highest BCUT2D eigenvalue weighted by atomic mass is 16.5. The lowest BCUT2D eigenvalue weighted by atomic mass is 10.2. The number of ether oxygens (including phenoxy) is 1. The van der Waals surface area contributed by atoms with Crippen LogP contribution in [-0.2, 0) is 14.3 Å². The smallest absolute Gasteiger partial charge is 0.241 e. The Morgan fingerprint density at radius 2 is 2.30 bits per heavy atom. The van der Waals surface area contributed by atoms with Crippen LogP contribution in [0.3, 0.4) is 0 Å². The standard InChI is InChI=1S/C6H6O4/c1-3-5(8)6(9)4(2-7)10-3/h2-3,9H,1H3. The van der Waals surface area contributed by atoms with Crippen LogP contribution in [0.2, 0.25) is 0 Å². The summed E-state index contributed by atoms with van der Waals surface area (Å²) in [6.07, 6.45) is -0.406. The van der Waals surface area contributed by atoms with Crippen LogP contribution in [0.4, 0.5) is 0 Å².